The van der Waals surface area contributed by atoms with Crippen LogP contribution in [0.2, 0.25) is 0 Å². The van der Waals surface area contributed by atoms with Gasteiger partial charge in [0.15, 0.2) is 5.78 Å². The summed E-state index contributed by atoms with van der Waals surface area (Å²) in [6.45, 7) is 8.12. The molecule has 0 N–H and O–H groups in total. The Hall–Kier alpha value is -1.37. The van der Waals surface area contributed by atoms with Crippen LogP contribution in [0.4, 0.5) is 0 Å². The first-order valence-electron chi connectivity index (χ1n) is 5.19. The average Bonchev–Trinajstić information content (AvgIpc) is 2.14. The van der Waals surface area contributed by atoms with Crippen LogP contribution < -0.4 is 0 Å². The van der Waals surface area contributed by atoms with Crippen molar-refractivity contribution in [2.24, 2.45) is 0 Å². The molecule has 0 heterocycles. The van der Waals surface area contributed by atoms with E-state index < -0.39 is 0 Å². The Bertz CT molecular complexity index is 363. The average molecular weight is 202 g/mol. The number of ketones is 1. The maximum Gasteiger partial charge on any atom is 0.152 e. The molecule has 0 saturated heterocycles. The zero-order valence-electron chi connectivity index (χ0n) is 9.87. The van der Waals surface area contributed by atoms with Crippen molar-refractivity contribution in [3.8, 4) is 0 Å². The molecular weight excluding hydrogens is 184 g/mol. The Kier molecular flexibility index (Phi) is 3.46. The third-order valence-electron chi connectivity index (χ3n) is 2.29. The van der Waals surface area contributed by atoms with E-state index in [9.17, 15) is 4.79 Å². The topological polar surface area (TPSA) is 17.1 Å². The molecule has 0 spiro atoms. The van der Waals surface area contributed by atoms with Crippen molar-refractivity contribution >= 4 is 11.9 Å². The summed E-state index contributed by atoms with van der Waals surface area (Å²) in [6, 6.07) is 8.31. The van der Waals surface area contributed by atoms with E-state index in [0.717, 1.165) is 5.56 Å². The molecule has 0 bridgehead atoms. The van der Waals surface area contributed by atoms with Crippen LogP contribution in [0.15, 0.2) is 30.3 Å². The highest BCUT2D eigenvalue weighted by atomic mass is 16.1. The van der Waals surface area contributed by atoms with Gasteiger partial charge in [-0.25, -0.2) is 0 Å². The standard InChI is InChI=1S/C14H18O/c1-11(15)5-6-12-7-9-13(10-8-12)14(2,3)4/h5-10H,1-4H3/b6-5+. The van der Waals surface area contributed by atoms with E-state index in [0.29, 0.717) is 0 Å². The zero-order chi connectivity index (χ0) is 11.5. The van der Waals surface area contributed by atoms with Gasteiger partial charge in [0.2, 0.25) is 0 Å². The summed E-state index contributed by atoms with van der Waals surface area (Å²) in [5.41, 5.74) is 2.56. The molecule has 1 nitrogen and oxygen atoms in total. The Morgan fingerprint density at radius 1 is 1.13 bits per heavy atom. The van der Waals surface area contributed by atoms with E-state index in [4.69, 9.17) is 0 Å². The molecule has 0 fully saturated rings. The highest BCUT2D eigenvalue weighted by Gasteiger charge is 2.12. The Labute approximate surface area is 91.8 Å². The van der Waals surface area contributed by atoms with Gasteiger partial charge >= 0.3 is 0 Å². The second-order valence-electron chi connectivity index (χ2n) is 4.82. The van der Waals surface area contributed by atoms with Gasteiger partial charge in [-0.3, -0.25) is 4.79 Å². The zero-order valence-corrected chi connectivity index (χ0v) is 9.87. The van der Waals surface area contributed by atoms with Gasteiger partial charge in [0.25, 0.3) is 0 Å². The quantitative estimate of drug-likeness (QED) is 0.670. The molecule has 0 atom stereocenters. The molecule has 1 heteroatoms. The maximum absolute atomic E-state index is 10.8. The molecule has 0 aliphatic heterocycles. The molecule has 0 aromatic heterocycles. The number of rotatable bonds is 2. The summed E-state index contributed by atoms with van der Waals surface area (Å²) in [5, 5.41) is 0. The predicted molar refractivity (Wildman–Crippen MR) is 64.9 cm³/mol. The van der Waals surface area contributed by atoms with Crippen LogP contribution in [0.3, 0.4) is 0 Å². The third-order valence-corrected chi connectivity index (χ3v) is 2.29. The van der Waals surface area contributed by atoms with Gasteiger partial charge in [0, 0.05) is 0 Å². The monoisotopic (exact) mass is 202 g/mol. The van der Waals surface area contributed by atoms with Crippen molar-refractivity contribution < 1.29 is 4.79 Å². The summed E-state index contributed by atoms with van der Waals surface area (Å²) in [4.78, 5) is 10.8. The van der Waals surface area contributed by atoms with Crippen LogP contribution in [-0.4, -0.2) is 5.78 Å². The first-order valence-corrected chi connectivity index (χ1v) is 5.19. The number of carbonyl (C=O) groups excluding carboxylic acids is 1. The van der Waals surface area contributed by atoms with E-state index in [1.54, 1.807) is 13.0 Å². The minimum Gasteiger partial charge on any atom is -0.295 e. The molecule has 80 valence electrons. The van der Waals surface area contributed by atoms with Gasteiger partial charge in [-0.2, -0.15) is 0 Å². The number of hydrogen-bond acceptors (Lipinski definition) is 1. The number of allylic oxidation sites excluding steroid dienone is 1. The lowest BCUT2D eigenvalue weighted by Crippen LogP contribution is -2.10. The van der Waals surface area contributed by atoms with Crippen molar-refractivity contribution in [3.05, 3.63) is 41.5 Å². The van der Waals surface area contributed by atoms with Gasteiger partial charge in [0.05, 0.1) is 0 Å². The van der Waals surface area contributed by atoms with Gasteiger partial charge in [-0.05, 0) is 29.5 Å². The number of benzene rings is 1. The Morgan fingerprint density at radius 2 is 1.67 bits per heavy atom. The first-order chi connectivity index (χ1) is 6.89. The minimum atomic E-state index is 0.0786. The second kappa shape index (κ2) is 4.43. The predicted octanol–water partition coefficient (Wildman–Crippen LogP) is 3.59. The molecule has 0 unspecified atom stereocenters. The second-order valence-corrected chi connectivity index (χ2v) is 4.82. The van der Waals surface area contributed by atoms with Crippen molar-refractivity contribution in [1.29, 1.82) is 0 Å². The molecule has 1 rings (SSSR count). The van der Waals surface area contributed by atoms with Crippen LogP contribution in [-0.2, 0) is 10.2 Å². The molecule has 15 heavy (non-hydrogen) atoms. The molecule has 0 amide bonds. The lowest BCUT2D eigenvalue weighted by atomic mass is 9.87. The smallest absolute Gasteiger partial charge is 0.152 e. The maximum atomic E-state index is 10.8. The lowest BCUT2D eigenvalue weighted by Gasteiger charge is -2.18. The summed E-state index contributed by atoms with van der Waals surface area (Å²) >= 11 is 0. The molecule has 1 aromatic carbocycles. The number of hydrogen-bond donors (Lipinski definition) is 0. The van der Waals surface area contributed by atoms with Crippen molar-refractivity contribution in [1.82, 2.24) is 0 Å². The van der Waals surface area contributed by atoms with Crippen LogP contribution in [0.5, 0.6) is 0 Å². The Balaban J connectivity index is 2.86. The van der Waals surface area contributed by atoms with Gasteiger partial charge in [-0.1, -0.05) is 51.1 Å². The molecule has 0 aliphatic rings. The van der Waals surface area contributed by atoms with Crippen molar-refractivity contribution in [2.45, 2.75) is 33.1 Å². The van der Waals surface area contributed by atoms with Gasteiger partial charge in [-0.15, -0.1) is 0 Å². The summed E-state index contributed by atoms with van der Waals surface area (Å²) in [7, 11) is 0. The van der Waals surface area contributed by atoms with Gasteiger partial charge in [0.1, 0.15) is 0 Å². The summed E-state index contributed by atoms with van der Waals surface area (Å²) < 4.78 is 0. The van der Waals surface area contributed by atoms with E-state index in [2.05, 4.69) is 32.9 Å². The number of carbonyl (C=O) groups is 1. The van der Waals surface area contributed by atoms with E-state index >= 15 is 0 Å². The molecule has 0 aliphatic carbocycles. The van der Waals surface area contributed by atoms with E-state index in [1.807, 2.05) is 18.2 Å². The van der Waals surface area contributed by atoms with E-state index in [-0.39, 0.29) is 11.2 Å². The fourth-order valence-electron chi connectivity index (χ4n) is 1.31. The first kappa shape index (κ1) is 11.7. The fourth-order valence-corrected chi connectivity index (χ4v) is 1.31. The SMILES string of the molecule is CC(=O)/C=C/c1ccc(C(C)(C)C)cc1. The van der Waals surface area contributed by atoms with Crippen LogP contribution in [0, 0.1) is 0 Å². The van der Waals surface area contributed by atoms with Crippen LogP contribution in [0.1, 0.15) is 38.8 Å². The van der Waals surface area contributed by atoms with Crippen molar-refractivity contribution in [3.63, 3.8) is 0 Å². The van der Waals surface area contributed by atoms with Gasteiger partial charge < -0.3 is 0 Å². The largest absolute Gasteiger partial charge is 0.295 e. The normalized spacial score (nSPS) is 12.0. The fraction of sp³-hybridized carbons (Fsp3) is 0.357. The molecule has 1 aromatic rings. The molecule has 0 radical (unpaired) electrons. The summed E-state index contributed by atoms with van der Waals surface area (Å²) in [5.74, 6) is 0.0786. The highest BCUT2D eigenvalue weighted by molar-refractivity contribution is 5.91. The molecule has 0 saturated carbocycles. The van der Waals surface area contributed by atoms with Crippen molar-refractivity contribution in [2.75, 3.05) is 0 Å². The summed E-state index contributed by atoms with van der Waals surface area (Å²) in [6.07, 6.45) is 3.43. The molecular formula is C14H18O. The Morgan fingerprint density at radius 3 is 2.07 bits per heavy atom. The lowest BCUT2D eigenvalue weighted by molar-refractivity contribution is -0.112. The minimum absolute atomic E-state index is 0.0786. The van der Waals surface area contributed by atoms with Crippen LogP contribution >= 0.6 is 0 Å². The van der Waals surface area contributed by atoms with Crippen LogP contribution in [0.25, 0.3) is 6.08 Å². The third kappa shape index (κ3) is 3.70. The highest BCUT2D eigenvalue weighted by Crippen LogP contribution is 2.22. The van der Waals surface area contributed by atoms with E-state index in [1.165, 1.54) is 5.56 Å².